The molecule has 0 radical (unpaired) electrons. The van der Waals surface area contributed by atoms with Crippen LogP contribution in [0.4, 0.5) is 4.39 Å². The van der Waals surface area contributed by atoms with Crippen LogP contribution in [0.2, 0.25) is 5.02 Å². The van der Waals surface area contributed by atoms with Crippen LogP contribution in [-0.4, -0.2) is 31.6 Å². The van der Waals surface area contributed by atoms with E-state index in [0.717, 1.165) is 16.9 Å². The summed E-state index contributed by atoms with van der Waals surface area (Å²) in [5.74, 6) is -1.95. The third-order valence-electron chi connectivity index (χ3n) is 3.45. The average molecular weight is 433 g/mol. The Hall–Kier alpha value is -3.66. The van der Waals surface area contributed by atoms with E-state index in [0.29, 0.717) is 5.56 Å². The molecule has 30 heavy (non-hydrogen) atoms. The third kappa shape index (κ3) is 6.17. The van der Waals surface area contributed by atoms with E-state index in [4.69, 9.17) is 11.6 Å². The maximum atomic E-state index is 13.2. The van der Waals surface area contributed by atoms with Crippen LogP contribution in [0.3, 0.4) is 0 Å². The lowest BCUT2D eigenvalue weighted by molar-refractivity contribution is 0.0842. The SMILES string of the molecule is CC.O=C(NNC(=O)c1ccc(=O)n(Cc2cncc(F)c2)n1)c1cncc(Cl)c1. The quantitative estimate of drug-likeness (QED) is 0.608. The Morgan fingerprint density at radius 3 is 2.43 bits per heavy atom. The number of carbonyl (C=O) groups is 2. The molecule has 3 heterocycles. The molecule has 0 aliphatic carbocycles. The van der Waals surface area contributed by atoms with Crippen LogP contribution >= 0.6 is 11.6 Å². The summed E-state index contributed by atoms with van der Waals surface area (Å²) in [5, 5.41) is 4.18. The number of halogens is 2. The summed E-state index contributed by atoms with van der Waals surface area (Å²) in [6.07, 6.45) is 5.04. The highest BCUT2D eigenvalue weighted by atomic mass is 35.5. The van der Waals surface area contributed by atoms with Crippen molar-refractivity contribution in [2.45, 2.75) is 20.4 Å². The predicted molar refractivity (Wildman–Crippen MR) is 107 cm³/mol. The van der Waals surface area contributed by atoms with Crippen molar-refractivity contribution >= 4 is 23.4 Å². The molecular weight excluding hydrogens is 415 g/mol. The highest BCUT2D eigenvalue weighted by molar-refractivity contribution is 6.30. The largest absolute Gasteiger partial charge is 0.290 e. The number of pyridine rings is 2. The molecule has 3 aromatic heterocycles. The van der Waals surface area contributed by atoms with Crippen LogP contribution in [0.15, 0.2) is 53.8 Å². The van der Waals surface area contributed by atoms with Crippen molar-refractivity contribution in [2.75, 3.05) is 0 Å². The molecule has 0 aliphatic heterocycles. The summed E-state index contributed by atoms with van der Waals surface area (Å²) >= 11 is 5.76. The van der Waals surface area contributed by atoms with E-state index in [1.807, 2.05) is 13.8 Å². The first-order chi connectivity index (χ1) is 14.4. The Labute approximate surface area is 175 Å². The molecule has 0 bridgehead atoms. The van der Waals surface area contributed by atoms with Crippen molar-refractivity contribution in [2.24, 2.45) is 0 Å². The van der Waals surface area contributed by atoms with Gasteiger partial charge < -0.3 is 0 Å². The molecule has 0 fully saturated rings. The van der Waals surface area contributed by atoms with Gasteiger partial charge in [0.1, 0.15) is 5.82 Å². The van der Waals surface area contributed by atoms with Gasteiger partial charge in [-0.1, -0.05) is 25.4 Å². The molecular formula is C19H18ClFN6O3. The third-order valence-corrected chi connectivity index (χ3v) is 3.66. The number of nitrogens with zero attached hydrogens (tertiary/aromatic N) is 4. The molecule has 0 unspecified atom stereocenters. The number of hydrazine groups is 1. The van der Waals surface area contributed by atoms with Crippen LogP contribution in [0.1, 0.15) is 40.3 Å². The van der Waals surface area contributed by atoms with Gasteiger partial charge in [0.2, 0.25) is 0 Å². The molecule has 0 atom stereocenters. The molecule has 156 valence electrons. The van der Waals surface area contributed by atoms with Gasteiger partial charge in [-0.3, -0.25) is 35.2 Å². The van der Waals surface area contributed by atoms with Crippen molar-refractivity contribution in [1.29, 1.82) is 0 Å². The first-order valence-corrected chi connectivity index (χ1v) is 9.19. The number of amides is 2. The standard InChI is InChI=1S/C17H12ClFN6O3.C2H6/c18-12-4-11(6-21-7-12)16(27)22-23-17(28)14-1-2-15(26)25(24-14)9-10-3-13(19)8-20-5-10;1-2/h1-8H,9H2,(H,22,27)(H,23,28);1-2H3. The van der Waals surface area contributed by atoms with E-state index in [9.17, 15) is 18.8 Å². The monoisotopic (exact) mass is 432 g/mol. The van der Waals surface area contributed by atoms with Crippen LogP contribution in [0.5, 0.6) is 0 Å². The van der Waals surface area contributed by atoms with Crippen molar-refractivity contribution < 1.29 is 14.0 Å². The van der Waals surface area contributed by atoms with Gasteiger partial charge in [0.15, 0.2) is 5.69 Å². The first kappa shape index (κ1) is 22.6. The van der Waals surface area contributed by atoms with E-state index in [1.54, 1.807) is 0 Å². The lowest BCUT2D eigenvalue weighted by Gasteiger charge is -2.09. The van der Waals surface area contributed by atoms with Crippen LogP contribution in [0, 0.1) is 5.82 Å². The van der Waals surface area contributed by atoms with Gasteiger partial charge >= 0.3 is 0 Å². The van der Waals surface area contributed by atoms with E-state index in [-0.39, 0.29) is 22.8 Å². The minimum absolute atomic E-state index is 0.0781. The minimum Gasteiger partial charge on any atom is -0.268 e. The zero-order valence-corrected chi connectivity index (χ0v) is 16.9. The summed E-state index contributed by atoms with van der Waals surface area (Å²) in [4.78, 5) is 43.6. The summed E-state index contributed by atoms with van der Waals surface area (Å²) in [7, 11) is 0. The predicted octanol–water partition coefficient (Wildman–Crippen LogP) is 1.98. The molecule has 0 spiro atoms. The second-order valence-electron chi connectivity index (χ2n) is 5.53. The maximum Gasteiger partial charge on any atom is 0.290 e. The molecule has 0 saturated heterocycles. The molecule has 0 saturated carbocycles. The fraction of sp³-hybridized carbons (Fsp3) is 0.158. The van der Waals surface area contributed by atoms with E-state index < -0.39 is 23.2 Å². The molecule has 0 aliphatic rings. The second kappa shape index (κ2) is 10.8. The zero-order valence-electron chi connectivity index (χ0n) is 16.1. The normalized spacial score (nSPS) is 9.87. The van der Waals surface area contributed by atoms with Crippen LogP contribution in [0.25, 0.3) is 0 Å². The fourth-order valence-electron chi connectivity index (χ4n) is 2.18. The lowest BCUT2D eigenvalue weighted by atomic mass is 10.3. The van der Waals surface area contributed by atoms with Crippen molar-refractivity contribution in [3.63, 3.8) is 0 Å². The van der Waals surface area contributed by atoms with Gasteiger partial charge in [0, 0.05) is 24.7 Å². The Bertz CT molecular complexity index is 1110. The van der Waals surface area contributed by atoms with E-state index in [2.05, 4.69) is 25.9 Å². The van der Waals surface area contributed by atoms with Gasteiger partial charge in [-0.2, -0.15) is 5.10 Å². The van der Waals surface area contributed by atoms with Gasteiger partial charge in [-0.25, -0.2) is 9.07 Å². The van der Waals surface area contributed by atoms with Crippen LogP contribution in [-0.2, 0) is 6.54 Å². The van der Waals surface area contributed by atoms with Crippen molar-refractivity contribution in [3.8, 4) is 0 Å². The van der Waals surface area contributed by atoms with Crippen LogP contribution < -0.4 is 16.4 Å². The van der Waals surface area contributed by atoms with Crippen molar-refractivity contribution in [3.05, 3.63) is 87.1 Å². The Morgan fingerprint density at radius 1 is 1.03 bits per heavy atom. The van der Waals surface area contributed by atoms with E-state index >= 15 is 0 Å². The Balaban J connectivity index is 0.00000155. The molecule has 11 heteroatoms. The topological polar surface area (TPSA) is 119 Å². The highest BCUT2D eigenvalue weighted by Crippen LogP contribution is 2.08. The second-order valence-corrected chi connectivity index (χ2v) is 5.96. The minimum atomic E-state index is -0.755. The Morgan fingerprint density at radius 2 is 1.73 bits per heavy atom. The number of aromatic nitrogens is 4. The smallest absolute Gasteiger partial charge is 0.268 e. The average Bonchev–Trinajstić information content (AvgIpc) is 2.75. The van der Waals surface area contributed by atoms with Gasteiger partial charge in [0.25, 0.3) is 17.4 Å². The summed E-state index contributed by atoms with van der Waals surface area (Å²) in [6, 6.07) is 4.91. The molecule has 2 amide bonds. The number of rotatable bonds is 4. The fourth-order valence-corrected chi connectivity index (χ4v) is 2.36. The summed E-state index contributed by atoms with van der Waals surface area (Å²) in [6.45, 7) is 3.92. The number of hydrogen-bond acceptors (Lipinski definition) is 6. The molecule has 0 aromatic carbocycles. The first-order valence-electron chi connectivity index (χ1n) is 8.81. The maximum absolute atomic E-state index is 13.2. The van der Waals surface area contributed by atoms with Gasteiger partial charge in [-0.15, -0.1) is 0 Å². The number of hydrogen-bond donors (Lipinski definition) is 2. The summed E-state index contributed by atoms with van der Waals surface area (Å²) in [5.41, 5.74) is 4.29. The molecule has 9 nitrogen and oxygen atoms in total. The highest BCUT2D eigenvalue weighted by Gasteiger charge is 2.13. The van der Waals surface area contributed by atoms with Gasteiger partial charge in [-0.05, 0) is 23.8 Å². The lowest BCUT2D eigenvalue weighted by Crippen LogP contribution is -2.42. The number of nitrogens with one attached hydrogen (secondary N) is 2. The summed E-state index contributed by atoms with van der Waals surface area (Å²) < 4.78 is 14.2. The van der Waals surface area contributed by atoms with E-state index in [1.165, 1.54) is 36.8 Å². The number of carbonyl (C=O) groups excluding carboxylic acids is 2. The molecule has 3 rings (SSSR count). The molecule has 2 N–H and O–H groups in total. The van der Waals surface area contributed by atoms with Gasteiger partial charge in [0.05, 0.1) is 23.3 Å². The molecule has 3 aromatic rings. The Kier molecular flexibility index (Phi) is 8.12. The van der Waals surface area contributed by atoms with Crippen molar-refractivity contribution in [1.82, 2.24) is 30.6 Å². The zero-order chi connectivity index (χ0) is 22.1.